The van der Waals surface area contributed by atoms with E-state index in [0.29, 0.717) is 0 Å². The van der Waals surface area contributed by atoms with Gasteiger partial charge in [0.15, 0.2) is 11.2 Å². The summed E-state index contributed by atoms with van der Waals surface area (Å²) in [6, 6.07) is 0. The number of imidazole rings is 1. The maximum absolute atomic E-state index is 12.8. The Labute approximate surface area is 234 Å². The molecule has 2 saturated heterocycles. The number of fused-ring (bicyclic) bond motifs is 2. The number of hydrogen-bond acceptors (Lipinski definition) is 8. The van der Waals surface area contributed by atoms with Crippen molar-refractivity contribution in [3.05, 3.63) is 16.7 Å². The maximum atomic E-state index is 12.8. The van der Waals surface area contributed by atoms with Gasteiger partial charge in [0.1, 0.15) is 12.3 Å². The maximum Gasteiger partial charge on any atom is 0.335 e. The highest BCUT2D eigenvalue weighted by atomic mass is 28.5. The van der Waals surface area contributed by atoms with Gasteiger partial charge in [-0.2, -0.15) is 4.98 Å². The second-order valence-corrected chi connectivity index (χ2v) is 21.0. The Morgan fingerprint density at radius 1 is 1.05 bits per heavy atom. The molecule has 0 radical (unpaired) electrons. The predicted octanol–water partition coefficient (Wildman–Crippen LogP) is 4.96. The molecule has 218 valence electrons. The fourth-order valence-electron chi connectivity index (χ4n) is 5.57. The number of carbonyl (C=O) groups excluding carboxylic acids is 1. The van der Waals surface area contributed by atoms with Crippen molar-refractivity contribution in [3.8, 4) is 0 Å². The van der Waals surface area contributed by atoms with E-state index < -0.39 is 47.5 Å². The van der Waals surface area contributed by atoms with E-state index in [2.05, 4.69) is 75.7 Å². The molecule has 0 aromatic carbocycles. The average Bonchev–Trinajstić information content (AvgIpc) is 3.39. The van der Waals surface area contributed by atoms with E-state index >= 15 is 0 Å². The number of nitrogens with zero attached hydrogens (tertiary/aromatic N) is 3. The lowest BCUT2D eigenvalue weighted by Crippen LogP contribution is -2.65. The van der Waals surface area contributed by atoms with Crippen molar-refractivity contribution < 1.29 is 23.9 Å². The summed E-state index contributed by atoms with van der Waals surface area (Å²) in [4.78, 5) is 36.3. The lowest BCUT2D eigenvalue weighted by atomic mass is 10.2. The van der Waals surface area contributed by atoms with Crippen molar-refractivity contribution in [2.45, 2.75) is 116 Å². The Bertz CT molecular complexity index is 1270. The Kier molecular flexibility index (Phi) is 8.19. The molecule has 2 aliphatic heterocycles. The zero-order valence-electron chi connectivity index (χ0n) is 25.8. The smallest absolute Gasteiger partial charge is 0.335 e. The number of anilines is 1. The summed E-state index contributed by atoms with van der Waals surface area (Å²) in [5.41, 5.74) is 0.446. The normalized spacial score (nSPS) is 27.3. The van der Waals surface area contributed by atoms with Gasteiger partial charge >= 0.3 is 17.1 Å². The topological polar surface area (TPSA) is 130 Å². The molecule has 4 rings (SSSR count). The summed E-state index contributed by atoms with van der Waals surface area (Å²) < 4.78 is 38.4. The van der Waals surface area contributed by atoms with Crippen LogP contribution in [0.5, 0.6) is 0 Å². The van der Waals surface area contributed by atoms with Crippen LogP contribution in [0.25, 0.3) is 11.2 Å². The number of aromatic nitrogens is 4. The highest BCUT2D eigenvalue weighted by Gasteiger charge is 2.60. The first-order valence-electron chi connectivity index (χ1n) is 14.6. The second kappa shape index (κ2) is 11.2. The molecule has 11 nitrogen and oxygen atoms in total. The van der Waals surface area contributed by atoms with Gasteiger partial charge in [0.25, 0.3) is 5.56 Å². The quantitative estimate of drug-likeness (QED) is 0.440. The summed E-state index contributed by atoms with van der Waals surface area (Å²) in [5.74, 6) is -0.553. The van der Waals surface area contributed by atoms with E-state index in [9.17, 15) is 11.0 Å². The molecule has 0 aliphatic carbocycles. The number of rotatable bonds is 7. The molecule has 0 saturated carbocycles. The molecule has 39 heavy (non-hydrogen) atoms. The molecule has 2 N–H and O–H groups in total. The Morgan fingerprint density at radius 2 is 1.67 bits per heavy atom. The summed E-state index contributed by atoms with van der Waals surface area (Å²) in [6.07, 6.45) is -1.34. The molecule has 2 aliphatic rings. The Hall–Kier alpha value is -1.91. The van der Waals surface area contributed by atoms with Crippen LogP contribution >= 0.6 is 0 Å². The molecular weight excluding hydrogens is 534 g/mol. The largest absolute Gasteiger partial charge is 0.414 e. The SMILES string of the molecule is [2H][C@@H]1[C@H]2O[Si](C(C)C)(C(C)C)O[Si](C(C)C)(C(C)C)OC[C@H]2O[C@H]1n1cnc2c(=O)[nH]c(NC(=O)C(C)C)nc21. The first-order valence-corrected chi connectivity index (χ1v) is 18.0. The number of nitrogens with one attached hydrogen (secondary N) is 2. The average molecular weight is 581 g/mol. The lowest BCUT2D eigenvalue weighted by Gasteiger charge is -2.51. The number of hydrogen-bond donors (Lipinski definition) is 2. The molecule has 13 heteroatoms. The number of H-pyrrole nitrogens is 1. The van der Waals surface area contributed by atoms with Gasteiger partial charge in [-0.1, -0.05) is 69.2 Å². The van der Waals surface area contributed by atoms with Crippen LogP contribution in [0.3, 0.4) is 0 Å². The Balaban J connectivity index is 1.76. The van der Waals surface area contributed by atoms with Crippen molar-refractivity contribution in [3.63, 3.8) is 0 Å². The highest BCUT2D eigenvalue weighted by Crippen LogP contribution is 2.48. The molecule has 0 spiro atoms. The molecule has 2 fully saturated rings. The third-order valence-electron chi connectivity index (χ3n) is 7.84. The van der Waals surface area contributed by atoms with Gasteiger partial charge in [0.2, 0.25) is 11.9 Å². The zero-order chi connectivity index (χ0) is 29.7. The number of carbonyl (C=O) groups is 1. The van der Waals surface area contributed by atoms with Crippen molar-refractivity contribution >= 4 is 40.1 Å². The number of aromatic amines is 1. The van der Waals surface area contributed by atoms with E-state index in [1.54, 1.807) is 18.4 Å². The zero-order valence-corrected chi connectivity index (χ0v) is 26.8. The lowest BCUT2D eigenvalue weighted by molar-refractivity contribution is -0.118. The van der Waals surface area contributed by atoms with Crippen LogP contribution in [0, 0.1) is 5.92 Å². The molecule has 4 atom stereocenters. The summed E-state index contributed by atoms with van der Waals surface area (Å²) in [5, 5.41) is 2.64. The molecular formula is C26H45N5O6Si2. The number of ether oxygens (including phenoxy) is 1. The van der Waals surface area contributed by atoms with Crippen molar-refractivity contribution in [2.24, 2.45) is 5.92 Å². The summed E-state index contributed by atoms with van der Waals surface area (Å²) in [6.45, 7) is 20.9. The fraction of sp³-hybridized carbons (Fsp3) is 0.769. The van der Waals surface area contributed by atoms with E-state index in [4.69, 9.17) is 17.7 Å². The minimum atomic E-state index is -2.93. The van der Waals surface area contributed by atoms with Crippen molar-refractivity contribution in [1.82, 2.24) is 19.5 Å². The Morgan fingerprint density at radius 3 is 2.23 bits per heavy atom. The van der Waals surface area contributed by atoms with Gasteiger partial charge in [-0.3, -0.25) is 24.5 Å². The standard InChI is InChI=1S/C26H45N5O6Si2/c1-14(2)24(32)29-26-28-23-22(25(33)30-26)27-13-31(23)21-11-19-20(35-21)12-34-38(15(3)4,16(5)6)37-39(36-19,17(7)8)18(9)10/h13-21H,11-12H2,1-10H3,(H2,28,29,30,32,33)/t19-,20-,21-/m1/s1/i11D/t11-,19-,20-,21-. The van der Waals surface area contributed by atoms with Gasteiger partial charge < -0.3 is 17.7 Å². The van der Waals surface area contributed by atoms with Gasteiger partial charge in [-0.25, -0.2) is 4.98 Å². The monoisotopic (exact) mass is 580 g/mol. The van der Waals surface area contributed by atoms with E-state index in [-0.39, 0.29) is 57.7 Å². The minimum absolute atomic E-state index is 0.0205. The van der Waals surface area contributed by atoms with Crippen LogP contribution in [-0.4, -0.2) is 61.4 Å². The third kappa shape index (κ3) is 5.41. The summed E-state index contributed by atoms with van der Waals surface area (Å²) >= 11 is 0. The second-order valence-electron chi connectivity index (χ2n) is 12.2. The van der Waals surface area contributed by atoms with Gasteiger partial charge in [-0.05, 0) is 22.2 Å². The fourth-order valence-corrected chi connectivity index (χ4v) is 16.7. The molecule has 4 heterocycles. The third-order valence-corrected chi connectivity index (χ3v) is 18.1. The van der Waals surface area contributed by atoms with E-state index in [1.165, 1.54) is 6.33 Å². The first-order chi connectivity index (χ1) is 18.6. The van der Waals surface area contributed by atoms with E-state index in [1.807, 2.05) is 0 Å². The van der Waals surface area contributed by atoms with Crippen LogP contribution in [-0.2, 0) is 22.5 Å². The van der Waals surface area contributed by atoms with Crippen LogP contribution in [0.1, 0.15) is 83.2 Å². The predicted molar refractivity (Wildman–Crippen MR) is 154 cm³/mol. The number of amides is 1. The minimum Gasteiger partial charge on any atom is -0.414 e. The van der Waals surface area contributed by atoms with E-state index in [0.717, 1.165) is 0 Å². The molecule has 2 aromatic rings. The van der Waals surface area contributed by atoms with Crippen LogP contribution in [0.2, 0.25) is 22.2 Å². The van der Waals surface area contributed by atoms with Gasteiger partial charge in [-0.15, -0.1) is 0 Å². The van der Waals surface area contributed by atoms with Gasteiger partial charge in [0, 0.05) is 13.7 Å². The van der Waals surface area contributed by atoms with Crippen LogP contribution < -0.4 is 10.9 Å². The van der Waals surface area contributed by atoms with Gasteiger partial charge in [0.05, 0.1) is 19.0 Å². The van der Waals surface area contributed by atoms with Crippen LogP contribution in [0.4, 0.5) is 5.95 Å². The first kappa shape index (κ1) is 28.6. The van der Waals surface area contributed by atoms with Crippen molar-refractivity contribution in [1.29, 1.82) is 0 Å². The van der Waals surface area contributed by atoms with Crippen molar-refractivity contribution in [2.75, 3.05) is 11.9 Å². The molecule has 0 unspecified atom stereocenters. The van der Waals surface area contributed by atoms with Crippen LogP contribution in [0.15, 0.2) is 11.1 Å². The highest BCUT2D eigenvalue weighted by molar-refractivity contribution is 6.83. The molecule has 2 aromatic heterocycles. The molecule has 1 amide bonds. The summed E-state index contributed by atoms with van der Waals surface area (Å²) in [7, 11) is -5.69. The molecule has 0 bridgehead atoms.